The van der Waals surface area contributed by atoms with Crippen LogP contribution in [0.1, 0.15) is 30.3 Å². The number of aryl methyl sites for hydroxylation is 1. The number of ketones is 1. The van der Waals surface area contributed by atoms with Gasteiger partial charge in [0.15, 0.2) is 5.78 Å². The molecule has 1 aliphatic rings. The van der Waals surface area contributed by atoms with E-state index in [9.17, 15) is 9.59 Å². The van der Waals surface area contributed by atoms with E-state index in [-0.39, 0.29) is 24.2 Å². The molecule has 0 spiro atoms. The summed E-state index contributed by atoms with van der Waals surface area (Å²) in [5.74, 6) is 0.184. The maximum Gasteiger partial charge on any atom is 0.225 e. The lowest BCUT2D eigenvalue weighted by atomic mass is 9.99. The van der Waals surface area contributed by atoms with Gasteiger partial charge in [-0.05, 0) is 25.0 Å². The molecule has 0 radical (unpaired) electrons. The van der Waals surface area contributed by atoms with E-state index in [0.717, 1.165) is 12.8 Å². The average Bonchev–Trinajstić information content (AvgIpc) is 2.71. The molecular formula is C13H18N2O2. The number of hydrogen-bond acceptors (Lipinski definition) is 2. The molecule has 1 saturated heterocycles. The van der Waals surface area contributed by atoms with Gasteiger partial charge in [0.25, 0.3) is 0 Å². The number of Topliss-reactive ketones (excluding diaryl/α,β-unsaturated/α-hetero) is 1. The van der Waals surface area contributed by atoms with E-state index in [1.807, 2.05) is 26.2 Å². The van der Waals surface area contributed by atoms with Gasteiger partial charge < -0.3 is 9.47 Å². The Balaban J connectivity index is 2.04. The van der Waals surface area contributed by atoms with Gasteiger partial charge in [-0.3, -0.25) is 9.59 Å². The van der Waals surface area contributed by atoms with E-state index in [1.165, 1.54) is 0 Å². The number of likely N-dealkylation sites (tertiary alicyclic amines) is 1. The molecule has 92 valence electrons. The van der Waals surface area contributed by atoms with Crippen molar-refractivity contribution in [2.24, 2.45) is 13.0 Å². The molecule has 1 fully saturated rings. The number of carbonyl (C=O) groups excluding carboxylic acids is 2. The van der Waals surface area contributed by atoms with E-state index in [4.69, 9.17) is 0 Å². The molecule has 17 heavy (non-hydrogen) atoms. The SMILES string of the molecule is CC1CCCN(CC(=O)c2cccn2C)C1=O. The lowest BCUT2D eigenvalue weighted by Crippen LogP contribution is -2.43. The smallest absolute Gasteiger partial charge is 0.225 e. The second kappa shape index (κ2) is 4.73. The molecule has 2 rings (SSSR count). The highest BCUT2D eigenvalue weighted by Crippen LogP contribution is 2.17. The maximum absolute atomic E-state index is 12.0. The van der Waals surface area contributed by atoms with Crippen LogP contribution in [-0.2, 0) is 11.8 Å². The van der Waals surface area contributed by atoms with Crippen LogP contribution in [0.4, 0.5) is 0 Å². The Bertz CT molecular complexity index is 436. The Kier molecular flexibility index (Phi) is 3.31. The first-order valence-corrected chi connectivity index (χ1v) is 6.03. The second-order valence-corrected chi connectivity index (χ2v) is 4.73. The summed E-state index contributed by atoms with van der Waals surface area (Å²) in [7, 11) is 1.84. The van der Waals surface area contributed by atoms with Crippen LogP contribution in [0.15, 0.2) is 18.3 Å². The van der Waals surface area contributed by atoms with Gasteiger partial charge in [0.05, 0.1) is 12.2 Å². The molecule has 4 heteroatoms. The Morgan fingerprint density at radius 3 is 2.94 bits per heavy atom. The van der Waals surface area contributed by atoms with Crippen molar-refractivity contribution in [2.75, 3.05) is 13.1 Å². The number of nitrogens with zero attached hydrogens (tertiary/aromatic N) is 2. The van der Waals surface area contributed by atoms with Crippen molar-refractivity contribution in [3.8, 4) is 0 Å². The zero-order valence-corrected chi connectivity index (χ0v) is 10.3. The fourth-order valence-corrected chi connectivity index (χ4v) is 2.30. The number of amides is 1. The van der Waals surface area contributed by atoms with Gasteiger partial charge in [0.2, 0.25) is 5.91 Å². The fourth-order valence-electron chi connectivity index (χ4n) is 2.30. The van der Waals surface area contributed by atoms with Gasteiger partial charge in [-0.1, -0.05) is 6.92 Å². The summed E-state index contributed by atoms with van der Waals surface area (Å²) in [5, 5.41) is 0. The lowest BCUT2D eigenvalue weighted by molar-refractivity contribution is -0.137. The summed E-state index contributed by atoms with van der Waals surface area (Å²) in [6.45, 7) is 2.85. The number of aromatic nitrogens is 1. The highest BCUT2D eigenvalue weighted by Gasteiger charge is 2.27. The monoisotopic (exact) mass is 234 g/mol. The Hall–Kier alpha value is -1.58. The molecule has 0 saturated carbocycles. The predicted molar refractivity (Wildman–Crippen MR) is 64.7 cm³/mol. The standard InChI is InChI=1S/C13H18N2O2/c1-10-5-3-8-15(13(10)17)9-12(16)11-6-4-7-14(11)2/h4,6-7,10H,3,5,8-9H2,1-2H3. The second-order valence-electron chi connectivity index (χ2n) is 4.73. The molecule has 1 atom stereocenters. The van der Waals surface area contributed by atoms with Gasteiger partial charge in [-0.15, -0.1) is 0 Å². The van der Waals surface area contributed by atoms with Gasteiger partial charge in [0, 0.05) is 25.7 Å². The average molecular weight is 234 g/mol. The van der Waals surface area contributed by atoms with Crippen molar-refractivity contribution in [1.29, 1.82) is 0 Å². The predicted octanol–water partition coefficient (Wildman–Crippen LogP) is 1.47. The number of piperidine rings is 1. The Labute approximate surface area is 101 Å². The third kappa shape index (κ3) is 2.40. The van der Waals surface area contributed by atoms with Crippen LogP contribution in [-0.4, -0.2) is 34.2 Å². The minimum absolute atomic E-state index is 0.0138. The normalized spacial score (nSPS) is 20.7. The van der Waals surface area contributed by atoms with Crippen molar-refractivity contribution >= 4 is 11.7 Å². The van der Waals surface area contributed by atoms with Gasteiger partial charge >= 0.3 is 0 Å². The highest BCUT2D eigenvalue weighted by atomic mass is 16.2. The fraction of sp³-hybridized carbons (Fsp3) is 0.538. The van der Waals surface area contributed by atoms with Gasteiger partial charge in [0.1, 0.15) is 0 Å². The van der Waals surface area contributed by atoms with E-state index in [2.05, 4.69) is 0 Å². The van der Waals surface area contributed by atoms with Crippen LogP contribution in [0.2, 0.25) is 0 Å². The summed E-state index contributed by atoms with van der Waals surface area (Å²) in [6, 6.07) is 3.63. The summed E-state index contributed by atoms with van der Waals surface area (Å²) in [4.78, 5) is 25.6. The number of carbonyl (C=O) groups is 2. The molecule has 1 amide bonds. The van der Waals surface area contributed by atoms with Crippen molar-refractivity contribution in [2.45, 2.75) is 19.8 Å². The molecule has 0 N–H and O–H groups in total. The summed E-state index contributed by atoms with van der Waals surface area (Å²) < 4.78 is 1.79. The third-order valence-corrected chi connectivity index (χ3v) is 3.36. The highest BCUT2D eigenvalue weighted by molar-refractivity contribution is 5.98. The van der Waals surface area contributed by atoms with Crippen molar-refractivity contribution in [3.05, 3.63) is 24.0 Å². The lowest BCUT2D eigenvalue weighted by Gasteiger charge is -2.30. The molecule has 1 aromatic heterocycles. The van der Waals surface area contributed by atoms with Crippen molar-refractivity contribution in [3.63, 3.8) is 0 Å². The van der Waals surface area contributed by atoms with Crippen LogP contribution in [0.25, 0.3) is 0 Å². The topological polar surface area (TPSA) is 42.3 Å². The molecule has 0 aliphatic carbocycles. The number of rotatable bonds is 3. The van der Waals surface area contributed by atoms with Crippen molar-refractivity contribution < 1.29 is 9.59 Å². The minimum atomic E-state index is 0.0138. The van der Waals surface area contributed by atoms with Crippen LogP contribution in [0.3, 0.4) is 0 Å². The summed E-state index contributed by atoms with van der Waals surface area (Å²) in [6.07, 6.45) is 3.77. The summed E-state index contributed by atoms with van der Waals surface area (Å²) >= 11 is 0. The van der Waals surface area contributed by atoms with Crippen LogP contribution in [0.5, 0.6) is 0 Å². The molecule has 1 aromatic rings. The Morgan fingerprint density at radius 1 is 1.53 bits per heavy atom. The third-order valence-electron chi connectivity index (χ3n) is 3.36. The summed E-state index contributed by atoms with van der Waals surface area (Å²) in [5.41, 5.74) is 0.663. The largest absolute Gasteiger partial charge is 0.348 e. The quantitative estimate of drug-likeness (QED) is 0.743. The minimum Gasteiger partial charge on any atom is -0.348 e. The van der Waals surface area contributed by atoms with Crippen LogP contribution in [0, 0.1) is 5.92 Å². The zero-order valence-electron chi connectivity index (χ0n) is 10.3. The molecule has 1 unspecified atom stereocenters. The first-order valence-electron chi connectivity index (χ1n) is 6.03. The number of hydrogen-bond donors (Lipinski definition) is 0. The molecule has 1 aliphatic heterocycles. The molecule has 0 aromatic carbocycles. The Morgan fingerprint density at radius 2 is 2.29 bits per heavy atom. The van der Waals surface area contributed by atoms with Crippen LogP contribution >= 0.6 is 0 Å². The van der Waals surface area contributed by atoms with E-state index >= 15 is 0 Å². The molecule has 4 nitrogen and oxygen atoms in total. The van der Waals surface area contributed by atoms with E-state index in [1.54, 1.807) is 15.5 Å². The van der Waals surface area contributed by atoms with E-state index < -0.39 is 0 Å². The molecule has 0 bridgehead atoms. The molecular weight excluding hydrogens is 216 g/mol. The first-order chi connectivity index (χ1) is 8.09. The van der Waals surface area contributed by atoms with E-state index in [0.29, 0.717) is 12.2 Å². The van der Waals surface area contributed by atoms with Gasteiger partial charge in [-0.25, -0.2) is 0 Å². The van der Waals surface area contributed by atoms with Crippen molar-refractivity contribution in [1.82, 2.24) is 9.47 Å². The first kappa shape index (κ1) is 11.9. The van der Waals surface area contributed by atoms with Gasteiger partial charge in [-0.2, -0.15) is 0 Å². The van der Waals surface area contributed by atoms with Crippen LogP contribution < -0.4 is 0 Å². The maximum atomic E-state index is 12.0. The molecule has 2 heterocycles. The zero-order chi connectivity index (χ0) is 12.4.